The van der Waals surface area contributed by atoms with E-state index in [-0.39, 0.29) is 136 Å². The van der Waals surface area contributed by atoms with E-state index in [1.165, 1.54) is 54.1 Å². The molecule has 0 N–H and O–H groups in total. The van der Waals surface area contributed by atoms with Crippen molar-refractivity contribution in [1.82, 2.24) is 0 Å². The molecule has 2 aromatic carbocycles. The van der Waals surface area contributed by atoms with Crippen LogP contribution in [0, 0.1) is 6.92 Å². The summed E-state index contributed by atoms with van der Waals surface area (Å²) in [6.07, 6.45) is 2.09. The van der Waals surface area contributed by atoms with E-state index in [0.717, 1.165) is 10.0 Å². The minimum atomic E-state index is 0. The first kappa shape index (κ1) is 69.9. The summed E-state index contributed by atoms with van der Waals surface area (Å²) in [5.74, 6) is 0. The monoisotopic (exact) mass is 562 g/mol. The van der Waals surface area contributed by atoms with Crippen molar-refractivity contribution in [1.29, 1.82) is 0 Å². The average Bonchev–Trinajstić information content (AvgIpc) is 2.46. The molecule has 0 amide bonds. The maximum absolute atomic E-state index is 5.55. The van der Waals surface area contributed by atoms with E-state index in [0.29, 0.717) is 0 Å². The van der Waals surface area contributed by atoms with Crippen molar-refractivity contribution in [2.75, 3.05) is 6.26 Å². The molecule has 0 aromatic heterocycles. The second kappa shape index (κ2) is 49.4. The Labute approximate surface area is 291 Å². The predicted octanol–water partition coefficient (Wildman–Crippen LogP) is -0.212. The number of aryl methyl sites for hydroxylation is 1. The van der Waals surface area contributed by atoms with Gasteiger partial charge >= 0.3 is 103 Å². The summed E-state index contributed by atoms with van der Waals surface area (Å²) in [4.78, 5) is 1.33. The SMILES string of the molecule is C.C.C.C.C.CSc1ccc(C)cc1.Cl.Clc1ccc(Cl)cc1.S.[Cl-].[H-].[Na+].[Na+].[Na][Na]. The van der Waals surface area contributed by atoms with Crippen LogP contribution in [0.1, 0.15) is 44.1 Å². The summed E-state index contributed by atoms with van der Waals surface area (Å²) in [5, 5.41) is 1.43. The van der Waals surface area contributed by atoms with Crippen molar-refractivity contribution in [3.8, 4) is 0 Å². The molecule has 0 aliphatic rings. The summed E-state index contributed by atoms with van der Waals surface area (Å²) in [7, 11) is 0. The zero-order chi connectivity index (χ0) is 14.7. The van der Waals surface area contributed by atoms with Crippen LogP contribution in [0.3, 0.4) is 0 Å². The van der Waals surface area contributed by atoms with Gasteiger partial charge in [0.1, 0.15) is 0 Å². The maximum atomic E-state index is 5.55. The standard InChI is InChI=1S/C8H10S.C6H4Cl2.5CH4.2ClH.4Na.H2S.H/c1-7-3-5-8(9-2)6-4-7;7-5-1-2-6(8)4-3-5;;;;;;;;;;;;;/h3-6H,1-2H3;1-4H;5*1H4;2*1H;;;;;1H2;/q;;;;;;;;;;;2*+1;;-1/p-1. The van der Waals surface area contributed by atoms with Crippen LogP contribution in [0.5, 0.6) is 0 Å². The average molecular weight is 564 g/mol. The molecule has 0 radical (unpaired) electrons. The molecule has 0 saturated heterocycles. The Morgan fingerprint density at radius 1 is 0.724 bits per heavy atom. The van der Waals surface area contributed by atoms with Crippen LogP contribution < -0.4 is 71.5 Å². The topological polar surface area (TPSA) is 0 Å². The van der Waals surface area contributed by atoms with Crippen LogP contribution in [0.25, 0.3) is 0 Å². The van der Waals surface area contributed by atoms with Crippen LogP contribution in [-0.4, -0.2) is 49.9 Å². The molecule has 0 heterocycles. The molecule has 0 aliphatic carbocycles. The van der Waals surface area contributed by atoms with Gasteiger partial charge in [0, 0.05) is 14.9 Å². The first-order chi connectivity index (χ1) is 9.11. The van der Waals surface area contributed by atoms with Gasteiger partial charge in [0.2, 0.25) is 0 Å². The quantitative estimate of drug-likeness (QED) is 0.342. The van der Waals surface area contributed by atoms with Crippen LogP contribution >= 0.6 is 60.9 Å². The van der Waals surface area contributed by atoms with E-state index in [2.05, 4.69) is 37.4 Å². The van der Waals surface area contributed by atoms with Crippen molar-refractivity contribution >= 4 is 104 Å². The Hall–Kier alpha value is 4.30. The van der Waals surface area contributed by atoms with Crippen molar-refractivity contribution in [2.24, 2.45) is 0 Å². The van der Waals surface area contributed by atoms with E-state index >= 15 is 0 Å². The molecule has 0 saturated carbocycles. The molecule has 0 fully saturated rings. The van der Waals surface area contributed by atoms with Gasteiger partial charge in [-0.15, -0.1) is 24.2 Å². The second-order valence-electron chi connectivity index (χ2n) is 3.45. The van der Waals surface area contributed by atoms with Crippen LogP contribution in [0.2, 0.25) is 10.0 Å². The van der Waals surface area contributed by atoms with Gasteiger partial charge in [-0.1, -0.05) is 78.0 Å². The zero-order valence-electron chi connectivity index (χ0n) is 16.1. The fourth-order valence-corrected chi connectivity index (χ4v) is 1.76. The van der Waals surface area contributed by atoms with Crippen molar-refractivity contribution < 1.29 is 72.9 Å². The van der Waals surface area contributed by atoms with E-state index in [9.17, 15) is 0 Å². The molecule has 0 spiro atoms. The Morgan fingerprint density at radius 2 is 0.966 bits per heavy atom. The molecule has 0 bridgehead atoms. The fraction of sp³-hybridized carbons (Fsp3) is 0.368. The minimum absolute atomic E-state index is 0. The summed E-state index contributed by atoms with van der Waals surface area (Å²) in [5.41, 5.74) is 1.33. The number of hydrogen-bond acceptors (Lipinski definition) is 1. The first-order valence-electron chi connectivity index (χ1n) is 6.13. The molecule has 158 valence electrons. The predicted molar refractivity (Wildman–Crippen MR) is 143 cm³/mol. The second-order valence-corrected chi connectivity index (χ2v) is 5.21. The number of rotatable bonds is 1. The third-order valence-electron chi connectivity index (χ3n) is 2.06. The summed E-state index contributed by atoms with van der Waals surface area (Å²) in [6.45, 7) is 2.10. The molecule has 0 atom stereocenters. The van der Waals surface area contributed by atoms with E-state index in [1.807, 2.05) is 0 Å². The van der Waals surface area contributed by atoms with Gasteiger partial charge in [-0.25, -0.2) is 0 Å². The number of thioether (sulfide) groups is 1. The van der Waals surface area contributed by atoms with Crippen molar-refractivity contribution in [3.63, 3.8) is 0 Å². The van der Waals surface area contributed by atoms with Crippen LogP contribution in [-0.2, 0) is 0 Å². The van der Waals surface area contributed by atoms with Crippen molar-refractivity contribution in [3.05, 3.63) is 64.1 Å². The molecule has 29 heavy (non-hydrogen) atoms. The molecular formula is C19H38Cl4Na4S2. The number of halogens is 4. The Kier molecular flexibility index (Phi) is 119. The van der Waals surface area contributed by atoms with Gasteiger partial charge in [-0.2, -0.15) is 13.5 Å². The fourth-order valence-electron chi connectivity index (χ4n) is 1.10. The van der Waals surface area contributed by atoms with Gasteiger partial charge in [0.25, 0.3) is 0 Å². The van der Waals surface area contributed by atoms with Crippen LogP contribution in [0.15, 0.2) is 53.4 Å². The van der Waals surface area contributed by atoms with Gasteiger partial charge in [0.15, 0.2) is 0 Å². The van der Waals surface area contributed by atoms with Gasteiger partial charge in [-0.05, 0) is 49.6 Å². The normalized spacial score (nSPS) is 5.79. The Morgan fingerprint density at radius 3 is 1.17 bits per heavy atom. The number of hydrogen-bond donors (Lipinski definition) is 0. The Bertz CT molecular complexity index is 448. The first-order valence-corrected chi connectivity index (χ1v) is 16.1. The summed E-state index contributed by atoms with van der Waals surface area (Å²) < 4.78 is 0. The van der Waals surface area contributed by atoms with E-state index in [1.54, 1.807) is 36.0 Å². The molecule has 0 aliphatic heterocycles. The van der Waals surface area contributed by atoms with E-state index < -0.39 is 0 Å². The summed E-state index contributed by atoms with van der Waals surface area (Å²) >= 11 is 15.8. The Balaban J connectivity index is -0.0000000149. The molecule has 0 nitrogen and oxygen atoms in total. The molecule has 2 rings (SSSR count). The molecule has 2 aromatic rings. The van der Waals surface area contributed by atoms with Gasteiger partial charge in [-0.3, -0.25) is 0 Å². The van der Waals surface area contributed by atoms with Gasteiger partial charge in [0.05, 0.1) is 0 Å². The number of benzene rings is 2. The van der Waals surface area contributed by atoms with E-state index in [4.69, 9.17) is 23.2 Å². The third-order valence-corrected chi connectivity index (χ3v) is 3.31. The van der Waals surface area contributed by atoms with Crippen LogP contribution in [0.4, 0.5) is 0 Å². The molecule has 10 heteroatoms. The summed E-state index contributed by atoms with van der Waals surface area (Å²) in [6, 6.07) is 15.6. The van der Waals surface area contributed by atoms with Crippen molar-refractivity contribution in [2.45, 2.75) is 49.0 Å². The molecule has 0 unspecified atom stereocenters. The zero-order valence-corrected chi connectivity index (χ0v) is 28.0. The van der Waals surface area contributed by atoms with Gasteiger partial charge < -0.3 is 13.8 Å². The molecular weight excluding hydrogens is 526 g/mol. The third kappa shape index (κ3) is 42.9.